The molecule has 1 heterocycles. The highest BCUT2D eigenvalue weighted by Gasteiger charge is 2.48. The molecule has 2 atom stereocenters. The Bertz CT molecular complexity index is 607. The second-order valence-corrected chi connectivity index (χ2v) is 8.21. The molecule has 2 rings (SSSR count). The van der Waals surface area contributed by atoms with E-state index in [-0.39, 0.29) is 6.54 Å². The van der Waals surface area contributed by atoms with Gasteiger partial charge >= 0.3 is 5.97 Å². The van der Waals surface area contributed by atoms with Crippen molar-refractivity contribution < 1.29 is 15.0 Å². The normalized spacial score (nSPS) is 19.5. The van der Waals surface area contributed by atoms with Crippen molar-refractivity contribution in [2.45, 2.75) is 83.2 Å². The smallest absolute Gasteiger partial charge is 0.309 e. The van der Waals surface area contributed by atoms with Crippen LogP contribution in [0.1, 0.15) is 83.1 Å². The largest absolute Gasteiger partial charge is 0.481 e. The molecule has 1 aromatic carbocycles. The minimum Gasteiger partial charge on any atom is -0.481 e. The van der Waals surface area contributed by atoms with Gasteiger partial charge in [-0.1, -0.05) is 88.8 Å². The van der Waals surface area contributed by atoms with Crippen molar-refractivity contribution in [1.82, 2.24) is 0 Å². The summed E-state index contributed by atoms with van der Waals surface area (Å²) in [7, 11) is 0. The first-order valence-electron chi connectivity index (χ1n) is 10.5. The molecule has 4 nitrogen and oxygen atoms in total. The van der Waals surface area contributed by atoms with Gasteiger partial charge in [0, 0.05) is 22.8 Å². The third-order valence-corrected chi connectivity index (χ3v) is 6.03. The highest BCUT2D eigenvalue weighted by Crippen LogP contribution is 2.45. The van der Waals surface area contributed by atoms with Gasteiger partial charge in [-0.05, 0) is 18.6 Å². The van der Waals surface area contributed by atoms with Gasteiger partial charge in [0.25, 0.3) is 0 Å². The number of rotatable bonds is 13. The zero-order chi connectivity index (χ0) is 19.7. The fourth-order valence-corrected chi connectivity index (χ4v) is 4.47. The molecule has 0 fully saturated rings. The summed E-state index contributed by atoms with van der Waals surface area (Å²) in [6.07, 6.45) is 12.5. The first-order chi connectivity index (χ1) is 13.0. The predicted molar refractivity (Wildman–Crippen MR) is 111 cm³/mol. The number of carboxylic acid groups (broad SMARTS) is 1. The van der Waals surface area contributed by atoms with Gasteiger partial charge in [0.15, 0.2) is 0 Å². The standard InChI is InChI=1S/C22H34ClNO3/c1-2-3-4-5-6-7-8-9-10-11-13-17(21(25)26)22(27)16-24-19-15-12-14-18(23)20(19)22/h12,14-15,17,24,27H,2-11,13,16H2,1H3,(H,25,26). The van der Waals surface area contributed by atoms with Crippen LogP contribution in [0.5, 0.6) is 0 Å². The number of carboxylic acids is 1. The average molecular weight is 396 g/mol. The first-order valence-corrected chi connectivity index (χ1v) is 10.9. The molecule has 0 amide bonds. The maximum absolute atomic E-state index is 11.9. The summed E-state index contributed by atoms with van der Waals surface area (Å²) in [5, 5.41) is 24.4. The van der Waals surface area contributed by atoms with Crippen molar-refractivity contribution in [2.24, 2.45) is 5.92 Å². The summed E-state index contributed by atoms with van der Waals surface area (Å²) in [4.78, 5) is 11.9. The highest BCUT2D eigenvalue weighted by molar-refractivity contribution is 6.32. The number of nitrogens with one attached hydrogen (secondary N) is 1. The molecule has 5 heteroatoms. The molecule has 0 radical (unpaired) electrons. The topological polar surface area (TPSA) is 69.6 Å². The molecular weight excluding hydrogens is 362 g/mol. The summed E-state index contributed by atoms with van der Waals surface area (Å²) >= 11 is 6.27. The summed E-state index contributed by atoms with van der Waals surface area (Å²) in [5.41, 5.74) is -0.177. The number of carbonyl (C=O) groups is 1. The van der Waals surface area contributed by atoms with Gasteiger partial charge in [-0.2, -0.15) is 0 Å². The molecule has 0 saturated carbocycles. The van der Waals surface area contributed by atoms with Gasteiger partial charge in [0.2, 0.25) is 0 Å². The van der Waals surface area contributed by atoms with Crippen molar-refractivity contribution in [2.75, 3.05) is 11.9 Å². The number of aliphatic hydroxyl groups is 1. The van der Waals surface area contributed by atoms with Crippen molar-refractivity contribution in [3.8, 4) is 0 Å². The van der Waals surface area contributed by atoms with Crippen molar-refractivity contribution >= 4 is 23.3 Å². The second-order valence-electron chi connectivity index (χ2n) is 7.80. The molecule has 2 unspecified atom stereocenters. The number of fused-ring (bicyclic) bond motifs is 1. The van der Waals surface area contributed by atoms with Gasteiger partial charge in [-0.25, -0.2) is 0 Å². The number of benzene rings is 1. The van der Waals surface area contributed by atoms with Crippen LogP contribution in [-0.4, -0.2) is 22.7 Å². The lowest BCUT2D eigenvalue weighted by Gasteiger charge is -2.30. The summed E-state index contributed by atoms with van der Waals surface area (Å²) in [5.74, 6) is -1.80. The Morgan fingerprint density at radius 3 is 2.30 bits per heavy atom. The lowest BCUT2D eigenvalue weighted by atomic mass is 9.79. The average Bonchev–Trinajstić information content (AvgIpc) is 2.98. The molecule has 1 aromatic rings. The highest BCUT2D eigenvalue weighted by atomic mass is 35.5. The van der Waals surface area contributed by atoms with Crippen LogP contribution in [0.4, 0.5) is 5.69 Å². The van der Waals surface area contributed by atoms with E-state index in [1.54, 1.807) is 12.1 Å². The summed E-state index contributed by atoms with van der Waals surface area (Å²) in [6.45, 7) is 2.43. The minimum atomic E-state index is -1.45. The molecule has 0 aromatic heterocycles. The van der Waals surface area contributed by atoms with Gasteiger partial charge < -0.3 is 15.5 Å². The number of aliphatic carboxylic acids is 1. The Morgan fingerprint density at radius 2 is 1.70 bits per heavy atom. The molecule has 0 saturated heterocycles. The van der Waals surface area contributed by atoms with E-state index >= 15 is 0 Å². The molecule has 27 heavy (non-hydrogen) atoms. The molecule has 1 aliphatic rings. The van der Waals surface area contributed by atoms with E-state index in [0.29, 0.717) is 17.0 Å². The summed E-state index contributed by atoms with van der Waals surface area (Å²) in [6, 6.07) is 5.34. The predicted octanol–water partition coefficient (Wildman–Crippen LogP) is 5.96. The van der Waals surface area contributed by atoms with Gasteiger partial charge in [0.1, 0.15) is 5.60 Å². The third kappa shape index (κ3) is 5.86. The van der Waals surface area contributed by atoms with E-state index in [1.807, 2.05) is 6.07 Å². The lowest BCUT2D eigenvalue weighted by Crippen LogP contribution is -2.41. The van der Waals surface area contributed by atoms with Gasteiger partial charge in [-0.3, -0.25) is 4.79 Å². The van der Waals surface area contributed by atoms with Crippen molar-refractivity contribution in [3.63, 3.8) is 0 Å². The van der Waals surface area contributed by atoms with E-state index in [1.165, 1.54) is 44.9 Å². The van der Waals surface area contributed by atoms with Gasteiger partial charge in [-0.15, -0.1) is 0 Å². The zero-order valence-corrected chi connectivity index (χ0v) is 17.2. The van der Waals surface area contributed by atoms with E-state index in [4.69, 9.17) is 11.6 Å². The summed E-state index contributed by atoms with van der Waals surface area (Å²) < 4.78 is 0. The van der Waals surface area contributed by atoms with Crippen LogP contribution < -0.4 is 5.32 Å². The Morgan fingerprint density at radius 1 is 1.11 bits per heavy atom. The molecule has 3 N–H and O–H groups in total. The van der Waals surface area contributed by atoms with Crippen LogP contribution in [0.3, 0.4) is 0 Å². The third-order valence-electron chi connectivity index (χ3n) is 5.72. The van der Waals surface area contributed by atoms with E-state index in [0.717, 1.165) is 24.9 Å². The fourth-order valence-electron chi connectivity index (χ4n) is 4.13. The van der Waals surface area contributed by atoms with E-state index < -0.39 is 17.5 Å². The number of β-amino-alcohol motifs (C(OH)–C–C–N with tert-alkyl or cyclic N) is 1. The Labute approximate surface area is 168 Å². The van der Waals surface area contributed by atoms with Crippen LogP contribution in [0.2, 0.25) is 5.02 Å². The van der Waals surface area contributed by atoms with Crippen LogP contribution in [-0.2, 0) is 10.4 Å². The number of hydrogen-bond donors (Lipinski definition) is 3. The van der Waals surface area contributed by atoms with E-state index in [2.05, 4.69) is 12.2 Å². The molecule has 0 aliphatic carbocycles. The molecule has 1 aliphatic heterocycles. The van der Waals surface area contributed by atoms with Crippen LogP contribution in [0.25, 0.3) is 0 Å². The van der Waals surface area contributed by atoms with Crippen molar-refractivity contribution in [3.05, 3.63) is 28.8 Å². The molecular formula is C22H34ClNO3. The number of unbranched alkanes of at least 4 members (excludes halogenated alkanes) is 9. The number of hydrogen-bond acceptors (Lipinski definition) is 3. The maximum atomic E-state index is 11.9. The maximum Gasteiger partial charge on any atom is 0.309 e. The van der Waals surface area contributed by atoms with Crippen molar-refractivity contribution in [1.29, 1.82) is 0 Å². The molecule has 152 valence electrons. The second kappa shape index (κ2) is 10.9. The lowest BCUT2D eigenvalue weighted by molar-refractivity contribution is -0.152. The van der Waals surface area contributed by atoms with E-state index in [9.17, 15) is 15.0 Å². The van der Waals surface area contributed by atoms with Crippen LogP contribution in [0, 0.1) is 5.92 Å². The monoisotopic (exact) mass is 395 g/mol. The Hall–Kier alpha value is -1.26. The first kappa shape index (κ1) is 22.0. The molecule has 0 spiro atoms. The number of anilines is 1. The quantitative estimate of drug-likeness (QED) is 0.360. The fraction of sp³-hybridized carbons (Fsp3) is 0.682. The zero-order valence-electron chi connectivity index (χ0n) is 16.5. The SMILES string of the molecule is CCCCCCCCCCCCC(C(=O)O)C1(O)CNc2cccc(Cl)c21. The Kier molecular flexibility index (Phi) is 8.91. The van der Waals surface area contributed by atoms with Gasteiger partial charge in [0.05, 0.1) is 5.92 Å². The molecule has 0 bridgehead atoms. The van der Waals surface area contributed by atoms with Crippen LogP contribution in [0.15, 0.2) is 18.2 Å². The number of halogens is 1. The Balaban J connectivity index is 1.78. The minimum absolute atomic E-state index is 0.195. The van der Waals surface area contributed by atoms with Crippen LogP contribution >= 0.6 is 11.6 Å².